The van der Waals surface area contributed by atoms with Crippen molar-refractivity contribution in [2.24, 2.45) is 10.9 Å². The van der Waals surface area contributed by atoms with Gasteiger partial charge in [-0.1, -0.05) is 25.6 Å². The number of guanidine groups is 1. The van der Waals surface area contributed by atoms with Crippen LogP contribution < -0.4 is 10.6 Å². The lowest BCUT2D eigenvalue weighted by atomic mass is 10.2. The highest BCUT2D eigenvalue weighted by Crippen LogP contribution is 2.18. The second-order valence-corrected chi connectivity index (χ2v) is 7.16. The Morgan fingerprint density at radius 1 is 1.38 bits per heavy atom. The van der Waals surface area contributed by atoms with Crippen LogP contribution in [0.1, 0.15) is 45.9 Å². The van der Waals surface area contributed by atoms with E-state index in [0.717, 1.165) is 49.4 Å². The van der Waals surface area contributed by atoms with Gasteiger partial charge in [0.1, 0.15) is 5.82 Å². The first kappa shape index (κ1) is 21.5. The Bertz CT molecular complexity index is 513. The number of nitrogens with zero attached hydrogens (tertiary/aromatic N) is 4. The van der Waals surface area contributed by atoms with Crippen molar-refractivity contribution in [2.45, 2.75) is 64.2 Å². The van der Waals surface area contributed by atoms with Crippen LogP contribution in [0.5, 0.6) is 0 Å². The van der Waals surface area contributed by atoms with Gasteiger partial charge in [-0.25, -0.2) is 0 Å². The van der Waals surface area contributed by atoms with E-state index in [1.54, 1.807) is 11.8 Å². The maximum absolute atomic E-state index is 4.66. The van der Waals surface area contributed by atoms with Crippen LogP contribution in [0.25, 0.3) is 0 Å². The minimum Gasteiger partial charge on any atom is -0.357 e. The Labute approximate surface area is 167 Å². The first-order chi connectivity index (χ1) is 11.1. The summed E-state index contributed by atoms with van der Waals surface area (Å²) in [5.74, 6) is 2.62. The molecule has 2 rings (SSSR count). The summed E-state index contributed by atoms with van der Waals surface area (Å²) in [7, 11) is 0. The first-order valence-corrected chi connectivity index (χ1v) is 9.87. The number of aromatic nitrogens is 3. The Morgan fingerprint density at radius 2 is 2.12 bits per heavy atom. The number of thioether (sulfide) groups is 1. The topological polar surface area (TPSA) is 67.1 Å². The molecule has 6 nitrogen and oxygen atoms in total. The van der Waals surface area contributed by atoms with E-state index in [9.17, 15) is 0 Å². The zero-order valence-electron chi connectivity index (χ0n) is 15.2. The van der Waals surface area contributed by atoms with Gasteiger partial charge in [0.25, 0.3) is 0 Å². The predicted octanol–water partition coefficient (Wildman–Crippen LogP) is 2.92. The predicted molar refractivity (Wildman–Crippen MR) is 113 cm³/mol. The number of hydrogen-bond acceptors (Lipinski definition) is 4. The fourth-order valence-corrected chi connectivity index (χ4v) is 2.90. The van der Waals surface area contributed by atoms with Gasteiger partial charge in [-0.3, -0.25) is 4.99 Å². The lowest BCUT2D eigenvalue weighted by Gasteiger charge is -2.12. The normalized spacial score (nSPS) is 14.6. The smallest absolute Gasteiger partial charge is 0.191 e. The van der Waals surface area contributed by atoms with E-state index in [4.69, 9.17) is 0 Å². The molecule has 1 aromatic heterocycles. The lowest BCUT2D eigenvalue weighted by Crippen LogP contribution is -2.38. The maximum atomic E-state index is 4.66. The average Bonchev–Trinajstić information content (AvgIpc) is 3.24. The Hall–Kier alpha value is -0.510. The maximum Gasteiger partial charge on any atom is 0.191 e. The van der Waals surface area contributed by atoms with Gasteiger partial charge in [-0.15, -0.1) is 34.2 Å². The van der Waals surface area contributed by atoms with Gasteiger partial charge in [0.15, 0.2) is 11.1 Å². The molecule has 0 bridgehead atoms. The Morgan fingerprint density at radius 3 is 2.71 bits per heavy atom. The first-order valence-electron chi connectivity index (χ1n) is 8.65. The molecule has 1 saturated carbocycles. The minimum atomic E-state index is 0. The molecule has 0 atom stereocenters. The van der Waals surface area contributed by atoms with Crippen molar-refractivity contribution in [1.29, 1.82) is 0 Å². The molecule has 0 spiro atoms. The van der Waals surface area contributed by atoms with Gasteiger partial charge in [0, 0.05) is 32.1 Å². The molecule has 2 N–H and O–H groups in total. The molecule has 0 aromatic carbocycles. The highest BCUT2D eigenvalue weighted by molar-refractivity contribution is 14.0. The zero-order chi connectivity index (χ0) is 16.7. The van der Waals surface area contributed by atoms with Gasteiger partial charge >= 0.3 is 0 Å². The summed E-state index contributed by atoms with van der Waals surface area (Å²) in [5, 5.41) is 16.4. The van der Waals surface area contributed by atoms with E-state index in [0.29, 0.717) is 12.0 Å². The van der Waals surface area contributed by atoms with Crippen LogP contribution >= 0.6 is 35.7 Å². The number of aliphatic imine (C=N–C) groups is 1. The summed E-state index contributed by atoms with van der Waals surface area (Å²) in [5.41, 5.74) is 0. The fraction of sp³-hybridized carbons (Fsp3) is 0.812. The van der Waals surface area contributed by atoms with Crippen molar-refractivity contribution in [3.63, 3.8) is 0 Å². The number of nitrogens with one attached hydrogen (secondary N) is 2. The van der Waals surface area contributed by atoms with Crippen molar-refractivity contribution in [3.8, 4) is 0 Å². The largest absolute Gasteiger partial charge is 0.357 e. The molecule has 0 saturated heterocycles. The van der Waals surface area contributed by atoms with Crippen LogP contribution in [0.15, 0.2) is 10.1 Å². The number of rotatable bonds is 9. The molecule has 0 unspecified atom stereocenters. The van der Waals surface area contributed by atoms with Crippen LogP contribution in [0.3, 0.4) is 0 Å². The van der Waals surface area contributed by atoms with Crippen LogP contribution in [-0.2, 0) is 13.0 Å². The third-order valence-electron chi connectivity index (χ3n) is 3.61. The molecule has 1 fully saturated rings. The van der Waals surface area contributed by atoms with E-state index in [1.807, 2.05) is 0 Å². The van der Waals surface area contributed by atoms with Gasteiger partial charge in [-0.2, -0.15) is 0 Å². The molecule has 24 heavy (non-hydrogen) atoms. The van der Waals surface area contributed by atoms with E-state index in [2.05, 4.69) is 57.4 Å². The van der Waals surface area contributed by atoms with Crippen LogP contribution in [-0.4, -0.2) is 46.1 Å². The van der Waals surface area contributed by atoms with Crippen molar-refractivity contribution < 1.29 is 0 Å². The Balaban J connectivity index is 0.00000288. The zero-order valence-corrected chi connectivity index (χ0v) is 18.4. The number of aryl methyl sites for hydroxylation is 1. The van der Waals surface area contributed by atoms with Gasteiger partial charge in [0.05, 0.1) is 0 Å². The van der Waals surface area contributed by atoms with E-state index in [1.165, 1.54) is 12.8 Å². The second-order valence-electron chi connectivity index (χ2n) is 6.39. The van der Waals surface area contributed by atoms with Crippen LogP contribution in [0.4, 0.5) is 0 Å². The summed E-state index contributed by atoms with van der Waals surface area (Å²) in [6.07, 6.45) is 6.50. The SMILES string of the molecule is CCNC(=NCCCc1nnc(SC)n1CC(C)C)NC1CC1.I. The molecule has 138 valence electrons. The van der Waals surface area contributed by atoms with Crippen molar-refractivity contribution in [2.75, 3.05) is 19.3 Å². The van der Waals surface area contributed by atoms with Gasteiger partial charge < -0.3 is 15.2 Å². The molecular weight excluding hydrogens is 435 g/mol. The third-order valence-corrected chi connectivity index (χ3v) is 4.28. The molecule has 0 radical (unpaired) electrons. The van der Waals surface area contributed by atoms with Crippen LogP contribution in [0, 0.1) is 5.92 Å². The molecule has 1 aromatic rings. The molecule has 1 aliphatic rings. The lowest BCUT2D eigenvalue weighted by molar-refractivity contribution is 0.477. The van der Waals surface area contributed by atoms with E-state index < -0.39 is 0 Å². The molecule has 1 heterocycles. The third kappa shape index (κ3) is 7.16. The summed E-state index contributed by atoms with van der Waals surface area (Å²) < 4.78 is 2.26. The summed E-state index contributed by atoms with van der Waals surface area (Å²) in [4.78, 5) is 4.66. The minimum absolute atomic E-state index is 0. The monoisotopic (exact) mass is 466 g/mol. The summed E-state index contributed by atoms with van der Waals surface area (Å²) in [6.45, 7) is 9.24. The van der Waals surface area contributed by atoms with Gasteiger partial charge in [-0.05, 0) is 38.4 Å². The van der Waals surface area contributed by atoms with Crippen molar-refractivity contribution in [3.05, 3.63) is 5.82 Å². The van der Waals surface area contributed by atoms with Gasteiger partial charge in [0.2, 0.25) is 0 Å². The average molecular weight is 466 g/mol. The van der Waals surface area contributed by atoms with Crippen molar-refractivity contribution >= 4 is 41.7 Å². The van der Waals surface area contributed by atoms with E-state index in [-0.39, 0.29) is 24.0 Å². The number of halogens is 1. The Kier molecular flexibility index (Phi) is 10.0. The van der Waals surface area contributed by atoms with E-state index >= 15 is 0 Å². The molecule has 0 aliphatic heterocycles. The highest BCUT2D eigenvalue weighted by atomic mass is 127. The fourth-order valence-electron chi connectivity index (χ4n) is 2.37. The second kappa shape index (κ2) is 11.2. The van der Waals surface area contributed by atoms with Crippen molar-refractivity contribution in [1.82, 2.24) is 25.4 Å². The van der Waals surface area contributed by atoms with Crippen LogP contribution in [0.2, 0.25) is 0 Å². The molecular formula is C16H31IN6S. The summed E-state index contributed by atoms with van der Waals surface area (Å²) in [6, 6.07) is 0.631. The molecule has 8 heteroatoms. The molecule has 0 amide bonds. The summed E-state index contributed by atoms with van der Waals surface area (Å²) >= 11 is 1.66. The highest BCUT2D eigenvalue weighted by Gasteiger charge is 2.22. The number of hydrogen-bond donors (Lipinski definition) is 2. The quantitative estimate of drug-likeness (QED) is 0.193. The standard InChI is InChI=1S/C16H30N6S.HI/c1-5-17-15(19-13-8-9-13)18-10-6-7-14-20-21-16(23-4)22(14)11-12(2)3;/h12-13H,5-11H2,1-4H3,(H2,17,18,19);1H. The molecule has 1 aliphatic carbocycles.